The fraction of sp³-hybridized carbons (Fsp3) is 0.188. The summed E-state index contributed by atoms with van der Waals surface area (Å²) in [7, 11) is 1.29. The number of aromatic nitrogens is 2. The topological polar surface area (TPSA) is 73.8 Å². The van der Waals surface area contributed by atoms with Gasteiger partial charge in [0.2, 0.25) is 0 Å². The maximum absolute atomic E-state index is 12.0. The van der Waals surface area contributed by atoms with Gasteiger partial charge in [-0.3, -0.25) is 14.0 Å². The quantitative estimate of drug-likeness (QED) is 0.535. The standard InChI is InChI=1S/C16H14N2O4/c1-21-16(20)6-5-13(19)14-8-11(10-22-14)12-9-17-15-4-2-3-7-18(12)15/h2-4,7-10H,5-6H2,1H3. The third-order valence-electron chi connectivity index (χ3n) is 3.37. The molecule has 6 heteroatoms. The molecule has 3 aromatic heterocycles. The average molecular weight is 298 g/mol. The lowest BCUT2D eigenvalue weighted by Gasteiger charge is -1.97. The van der Waals surface area contributed by atoms with Gasteiger partial charge in [-0.05, 0) is 18.2 Å². The van der Waals surface area contributed by atoms with E-state index >= 15 is 0 Å². The van der Waals surface area contributed by atoms with Crippen molar-refractivity contribution in [2.24, 2.45) is 0 Å². The lowest BCUT2D eigenvalue weighted by molar-refractivity contribution is -0.140. The predicted molar refractivity (Wildman–Crippen MR) is 78.5 cm³/mol. The van der Waals surface area contributed by atoms with E-state index in [4.69, 9.17) is 4.42 Å². The second-order valence-electron chi connectivity index (χ2n) is 4.77. The summed E-state index contributed by atoms with van der Waals surface area (Å²) in [5, 5.41) is 0. The van der Waals surface area contributed by atoms with Crippen LogP contribution in [-0.4, -0.2) is 28.2 Å². The Labute approximate surface area is 126 Å². The van der Waals surface area contributed by atoms with Crippen LogP contribution in [0.5, 0.6) is 0 Å². The molecule has 3 heterocycles. The average Bonchev–Trinajstić information content (AvgIpc) is 3.18. The molecule has 0 aliphatic carbocycles. The van der Waals surface area contributed by atoms with Gasteiger partial charge in [-0.1, -0.05) is 6.07 Å². The summed E-state index contributed by atoms with van der Waals surface area (Å²) >= 11 is 0. The molecule has 0 aromatic carbocycles. The zero-order valence-corrected chi connectivity index (χ0v) is 12.0. The van der Waals surface area contributed by atoms with Crippen LogP contribution in [0.3, 0.4) is 0 Å². The summed E-state index contributed by atoms with van der Waals surface area (Å²) in [6.45, 7) is 0. The molecule has 0 radical (unpaired) electrons. The molecule has 0 unspecified atom stereocenters. The van der Waals surface area contributed by atoms with E-state index in [0.717, 1.165) is 16.9 Å². The number of Topliss-reactive ketones (excluding diaryl/α,β-unsaturated/α-hetero) is 1. The van der Waals surface area contributed by atoms with Crippen molar-refractivity contribution in [2.45, 2.75) is 12.8 Å². The molecule has 3 rings (SSSR count). The number of imidazole rings is 1. The van der Waals surface area contributed by atoms with E-state index in [-0.39, 0.29) is 24.4 Å². The number of rotatable bonds is 5. The molecule has 3 aromatic rings. The van der Waals surface area contributed by atoms with Crippen molar-refractivity contribution in [1.29, 1.82) is 0 Å². The number of hydrogen-bond acceptors (Lipinski definition) is 5. The van der Waals surface area contributed by atoms with Gasteiger partial charge in [-0.2, -0.15) is 0 Å². The highest BCUT2D eigenvalue weighted by atomic mass is 16.5. The van der Waals surface area contributed by atoms with Crippen LogP contribution < -0.4 is 0 Å². The van der Waals surface area contributed by atoms with Crippen LogP contribution in [0.15, 0.2) is 47.3 Å². The van der Waals surface area contributed by atoms with Crippen LogP contribution >= 0.6 is 0 Å². The first-order valence-corrected chi connectivity index (χ1v) is 6.80. The van der Waals surface area contributed by atoms with Gasteiger partial charge in [-0.25, -0.2) is 4.98 Å². The van der Waals surface area contributed by atoms with Crippen LogP contribution in [-0.2, 0) is 9.53 Å². The SMILES string of the molecule is COC(=O)CCC(=O)c1cc(-c2cnc3ccccn23)co1. The number of ketones is 1. The Morgan fingerprint density at radius 1 is 1.32 bits per heavy atom. The number of esters is 1. The van der Waals surface area contributed by atoms with Crippen LogP contribution in [0.2, 0.25) is 0 Å². The van der Waals surface area contributed by atoms with Gasteiger partial charge < -0.3 is 9.15 Å². The normalized spacial score (nSPS) is 10.8. The highest BCUT2D eigenvalue weighted by Gasteiger charge is 2.15. The molecule has 0 atom stereocenters. The van der Waals surface area contributed by atoms with E-state index in [0.29, 0.717) is 0 Å². The Bertz CT molecular complexity index is 831. The lowest BCUT2D eigenvalue weighted by Crippen LogP contribution is -2.05. The van der Waals surface area contributed by atoms with Crippen LogP contribution in [0.4, 0.5) is 0 Å². The molecule has 22 heavy (non-hydrogen) atoms. The smallest absolute Gasteiger partial charge is 0.305 e. The number of pyridine rings is 1. The van der Waals surface area contributed by atoms with E-state index in [1.807, 2.05) is 28.8 Å². The minimum Gasteiger partial charge on any atom is -0.469 e. The summed E-state index contributed by atoms with van der Waals surface area (Å²) in [6, 6.07) is 7.37. The molecule has 0 spiro atoms. The summed E-state index contributed by atoms with van der Waals surface area (Å²) in [5.74, 6) is -0.419. The molecule has 0 aliphatic heterocycles. The third-order valence-corrected chi connectivity index (χ3v) is 3.37. The maximum atomic E-state index is 12.0. The summed E-state index contributed by atoms with van der Waals surface area (Å²) in [4.78, 5) is 27.4. The Morgan fingerprint density at radius 3 is 3.00 bits per heavy atom. The molecular weight excluding hydrogens is 284 g/mol. The number of nitrogens with zero attached hydrogens (tertiary/aromatic N) is 2. The second-order valence-corrected chi connectivity index (χ2v) is 4.77. The first kappa shape index (κ1) is 14.1. The number of ether oxygens (including phenoxy) is 1. The van der Waals surface area contributed by atoms with Crippen molar-refractivity contribution in [3.05, 3.63) is 48.7 Å². The van der Waals surface area contributed by atoms with Crippen LogP contribution in [0, 0.1) is 0 Å². The minimum atomic E-state index is -0.415. The van der Waals surface area contributed by atoms with E-state index < -0.39 is 5.97 Å². The number of carbonyl (C=O) groups is 2. The molecule has 0 bridgehead atoms. The highest BCUT2D eigenvalue weighted by molar-refractivity contribution is 5.96. The monoisotopic (exact) mass is 298 g/mol. The van der Waals surface area contributed by atoms with Gasteiger partial charge in [0.15, 0.2) is 11.5 Å². The minimum absolute atomic E-state index is 0.0426. The van der Waals surface area contributed by atoms with Gasteiger partial charge in [-0.15, -0.1) is 0 Å². The molecule has 0 N–H and O–H groups in total. The number of hydrogen-bond donors (Lipinski definition) is 0. The zero-order chi connectivity index (χ0) is 15.5. The van der Waals surface area contributed by atoms with Gasteiger partial charge in [0.05, 0.1) is 25.4 Å². The fourth-order valence-electron chi connectivity index (χ4n) is 2.20. The molecule has 0 saturated heterocycles. The largest absolute Gasteiger partial charge is 0.469 e. The van der Waals surface area contributed by atoms with Crippen molar-refractivity contribution in [3.63, 3.8) is 0 Å². The summed E-state index contributed by atoms with van der Waals surface area (Å²) < 4.78 is 11.7. The van der Waals surface area contributed by atoms with E-state index in [9.17, 15) is 9.59 Å². The van der Waals surface area contributed by atoms with Crippen molar-refractivity contribution >= 4 is 17.4 Å². The number of methoxy groups -OCH3 is 1. The van der Waals surface area contributed by atoms with E-state index in [2.05, 4.69) is 9.72 Å². The second kappa shape index (κ2) is 5.85. The molecule has 0 saturated carbocycles. The first-order chi connectivity index (χ1) is 10.7. The van der Waals surface area contributed by atoms with Crippen molar-refractivity contribution < 1.29 is 18.7 Å². The summed E-state index contributed by atoms with van der Waals surface area (Å²) in [6.07, 6.45) is 5.24. The Morgan fingerprint density at radius 2 is 2.18 bits per heavy atom. The molecule has 6 nitrogen and oxygen atoms in total. The molecule has 112 valence electrons. The number of fused-ring (bicyclic) bond motifs is 1. The van der Waals surface area contributed by atoms with Gasteiger partial charge in [0, 0.05) is 18.2 Å². The third kappa shape index (κ3) is 2.63. The summed E-state index contributed by atoms with van der Waals surface area (Å²) in [5.41, 5.74) is 2.42. The van der Waals surface area contributed by atoms with Crippen molar-refractivity contribution in [1.82, 2.24) is 9.38 Å². The fourth-order valence-corrected chi connectivity index (χ4v) is 2.20. The zero-order valence-electron chi connectivity index (χ0n) is 12.0. The maximum Gasteiger partial charge on any atom is 0.305 e. The Hall–Kier alpha value is -2.89. The van der Waals surface area contributed by atoms with Crippen molar-refractivity contribution in [2.75, 3.05) is 7.11 Å². The lowest BCUT2D eigenvalue weighted by atomic mass is 10.1. The van der Waals surface area contributed by atoms with Crippen molar-refractivity contribution in [3.8, 4) is 11.3 Å². The van der Waals surface area contributed by atoms with E-state index in [1.54, 1.807) is 12.3 Å². The first-order valence-electron chi connectivity index (χ1n) is 6.80. The Balaban J connectivity index is 1.82. The van der Waals surface area contributed by atoms with Crippen LogP contribution in [0.25, 0.3) is 16.9 Å². The highest BCUT2D eigenvalue weighted by Crippen LogP contribution is 2.24. The molecule has 0 fully saturated rings. The molecule has 0 amide bonds. The number of furan rings is 1. The van der Waals surface area contributed by atoms with Gasteiger partial charge >= 0.3 is 5.97 Å². The van der Waals surface area contributed by atoms with Crippen LogP contribution in [0.1, 0.15) is 23.4 Å². The number of carbonyl (C=O) groups excluding carboxylic acids is 2. The molecular formula is C16H14N2O4. The van der Waals surface area contributed by atoms with Gasteiger partial charge in [0.1, 0.15) is 11.9 Å². The Kier molecular flexibility index (Phi) is 3.74. The van der Waals surface area contributed by atoms with E-state index in [1.165, 1.54) is 13.4 Å². The molecule has 0 aliphatic rings. The predicted octanol–water partition coefficient (Wildman–Crippen LogP) is 2.73. The van der Waals surface area contributed by atoms with Gasteiger partial charge in [0.25, 0.3) is 0 Å².